The number of carbonyl (C=O) groups is 2. The van der Waals surface area contributed by atoms with Gasteiger partial charge < -0.3 is 24.9 Å². The van der Waals surface area contributed by atoms with Crippen molar-refractivity contribution in [3.05, 3.63) is 108 Å². The van der Waals surface area contributed by atoms with Gasteiger partial charge in [-0.25, -0.2) is 14.8 Å². The van der Waals surface area contributed by atoms with Crippen LogP contribution in [-0.4, -0.2) is 68.5 Å². The normalized spacial score (nSPS) is 18.4. The highest BCUT2D eigenvalue weighted by Gasteiger charge is 2.37. The molecule has 2 fully saturated rings. The Labute approximate surface area is 286 Å². The summed E-state index contributed by atoms with van der Waals surface area (Å²) in [6.07, 6.45) is 8.31. The molecular weight excluding hydrogens is 614 g/mol. The number of hydrogen-bond acceptors (Lipinski definition) is 6. The molecule has 3 atom stereocenters. The molecule has 49 heavy (non-hydrogen) atoms. The smallest absolute Gasteiger partial charge is 0.407 e. The lowest BCUT2D eigenvalue weighted by atomic mass is 10.0. The molecule has 2 saturated heterocycles. The highest BCUT2D eigenvalue weighted by Crippen LogP contribution is 2.35. The minimum Gasteiger partial charge on any atom is -0.453 e. The number of rotatable bonds is 10. The molecule has 0 unspecified atom stereocenters. The lowest BCUT2D eigenvalue weighted by Crippen LogP contribution is -2.42. The summed E-state index contributed by atoms with van der Waals surface area (Å²) in [6.45, 7) is 5.08. The number of H-pyrrole nitrogens is 2. The predicted molar refractivity (Wildman–Crippen MR) is 189 cm³/mol. The Morgan fingerprint density at radius 1 is 0.796 bits per heavy atom. The molecule has 4 heterocycles. The molecule has 10 nitrogen and oxygen atoms in total. The van der Waals surface area contributed by atoms with Crippen LogP contribution in [0.15, 0.2) is 91.3 Å². The van der Waals surface area contributed by atoms with Crippen molar-refractivity contribution >= 4 is 12.0 Å². The maximum atomic E-state index is 13.8. The van der Waals surface area contributed by atoms with Crippen LogP contribution in [-0.2, 0) is 9.53 Å². The van der Waals surface area contributed by atoms with Gasteiger partial charge in [-0.3, -0.25) is 9.69 Å². The van der Waals surface area contributed by atoms with Gasteiger partial charge >= 0.3 is 6.09 Å². The lowest BCUT2D eigenvalue weighted by molar-refractivity contribution is -0.134. The van der Waals surface area contributed by atoms with Crippen LogP contribution in [0.1, 0.15) is 74.4 Å². The average molecular weight is 658 g/mol. The van der Waals surface area contributed by atoms with Crippen molar-refractivity contribution in [1.82, 2.24) is 35.1 Å². The first-order valence-electron chi connectivity index (χ1n) is 17.3. The summed E-state index contributed by atoms with van der Waals surface area (Å²) in [5.41, 5.74) is 7.04. The Morgan fingerprint density at radius 3 is 1.94 bits per heavy atom. The second-order valence-corrected chi connectivity index (χ2v) is 12.9. The summed E-state index contributed by atoms with van der Waals surface area (Å²) in [5.74, 6) is 1.62. The van der Waals surface area contributed by atoms with Crippen LogP contribution in [0.2, 0.25) is 0 Å². The third-order valence-corrected chi connectivity index (χ3v) is 9.79. The highest BCUT2D eigenvalue weighted by molar-refractivity contribution is 5.87. The third kappa shape index (κ3) is 6.87. The van der Waals surface area contributed by atoms with E-state index in [0.717, 1.165) is 84.1 Å². The zero-order valence-corrected chi connectivity index (χ0v) is 28.1. The van der Waals surface area contributed by atoms with E-state index in [1.165, 1.54) is 13.5 Å². The summed E-state index contributed by atoms with van der Waals surface area (Å²) >= 11 is 0. The molecule has 252 valence electrons. The molecule has 2 aromatic heterocycles. The van der Waals surface area contributed by atoms with Gasteiger partial charge in [-0.1, -0.05) is 85.8 Å². The molecule has 3 N–H and O–H groups in total. The van der Waals surface area contributed by atoms with E-state index < -0.39 is 12.1 Å². The number of carbonyl (C=O) groups excluding carboxylic acids is 2. The van der Waals surface area contributed by atoms with Crippen LogP contribution in [0, 0.1) is 0 Å². The fourth-order valence-electron chi connectivity index (χ4n) is 7.27. The first kappa shape index (κ1) is 32.3. The quantitative estimate of drug-likeness (QED) is 0.144. The van der Waals surface area contributed by atoms with Crippen LogP contribution in [0.3, 0.4) is 0 Å². The summed E-state index contributed by atoms with van der Waals surface area (Å²) in [7, 11) is 1.29. The zero-order chi connectivity index (χ0) is 33.7. The second-order valence-electron chi connectivity index (χ2n) is 12.9. The van der Waals surface area contributed by atoms with Crippen LogP contribution >= 0.6 is 0 Å². The number of likely N-dealkylation sites (tertiary alicyclic amines) is 2. The maximum absolute atomic E-state index is 13.8. The van der Waals surface area contributed by atoms with E-state index in [-0.39, 0.29) is 11.9 Å². The Bertz CT molecular complexity index is 1870. The monoisotopic (exact) mass is 657 g/mol. The minimum absolute atomic E-state index is 0.187. The molecule has 0 saturated carbocycles. The number of nitrogens with zero attached hydrogens (tertiary/aromatic N) is 4. The van der Waals surface area contributed by atoms with Gasteiger partial charge in [0.15, 0.2) is 0 Å². The van der Waals surface area contributed by atoms with E-state index in [0.29, 0.717) is 18.2 Å². The van der Waals surface area contributed by atoms with Gasteiger partial charge in [-0.05, 0) is 73.0 Å². The number of aromatic amines is 2. The van der Waals surface area contributed by atoms with E-state index in [4.69, 9.17) is 14.7 Å². The predicted octanol–water partition coefficient (Wildman–Crippen LogP) is 7.44. The maximum Gasteiger partial charge on any atom is 0.407 e. The molecule has 7 rings (SSSR count). The molecule has 0 aliphatic carbocycles. The summed E-state index contributed by atoms with van der Waals surface area (Å²) in [6, 6.07) is 25.6. The number of alkyl carbamates (subject to hydrolysis) is 1. The van der Waals surface area contributed by atoms with Gasteiger partial charge in [0, 0.05) is 6.54 Å². The van der Waals surface area contributed by atoms with Gasteiger partial charge in [0.05, 0.1) is 43.0 Å². The van der Waals surface area contributed by atoms with Gasteiger partial charge in [-0.15, -0.1) is 0 Å². The van der Waals surface area contributed by atoms with Crippen molar-refractivity contribution < 1.29 is 14.3 Å². The Hall–Kier alpha value is -5.22. The van der Waals surface area contributed by atoms with Gasteiger partial charge in [-0.2, -0.15) is 0 Å². The SMILES string of the molecule is CCCN1CCC[C@H]1c1ncc(-c2ccc(-c3ccc(-c4cnc([C@@H]5CCCN5C(=O)[C@H](NC(=O)OC)c5ccccc5)[nH]4)cc3)cc2)[nH]1. The van der Waals surface area contributed by atoms with E-state index in [1.54, 1.807) is 0 Å². The molecular formula is C39H43N7O3. The first-order valence-corrected chi connectivity index (χ1v) is 17.3. The number of benzene rings is 3. The molecule has 0 bridgehead atoms. The van der Waals surface area contributed by atoms with E-state index in [2.05, 4.69) is 75.6 Å². The fourth-order valence-corrected chi connectivity index (χ4v) is 7.27. The first-order chi connectivity index (χ1) is 24.0. The fraction of sp³-hybridized carbons (Fsp3) is 0.333. The standard InChI is InChI=1S/C39H43N7O3/c1-3-21-45-22-7-11-33(45)36-40-24-31(42-36)28-17-13-26(14-18-28)27-15-19-29(20-16-27)32-25-41-37(43-32)34-12-8-23-46(34)38(47)35(44-39(48)49-2)30-9-5-4-6-10-30/h4-6,9-10,13-20,24-25,33-35H,3,7-8,11-12,21-23H2,1-2H3,(H,40,42)(H,41,43)(H,44,48)/t33-,34-,35+/m0/s1. The minimum atomic E-state index is -0.851. The lowest BCUT2D eigenvalue weighted by Gasteiger charge is -2.28. The Kier molecular flexibility index (Phi) is 9.56. The number of methoxy groups -OCH3 is 1. The van der Waals surface area contributed by atoms with Crippen molar-refractivity contribution in [3.63, 3.8) is 0 Å². The largest absolute Gasteiger partial charge is 0.453 e. The van der Waals surface area contributed by atoms with E-state index >= 15 is 0 Å². The van der Waals surface area contributed by atoms with Crippen LogP contribution in [0.25, 0.3) is 33.6 Å². The number of aromatic nitrogens is 4. The molecule has 0 radical (unpaired) electrons. The number of nitrogens with one attached hydrogen (secondary N) is 3. The average Bonchev–Trinajstić information content (AvgIpc) is 3.98. The van der Waals surface area contributed by atoms with E-state index in [9.17, 15) is 9.59 Å². The Balaban J connectivity index is 1.03. The van der Waals surface area contributed by atoms with Crippen LogP contribution in [0.5, 0.6) is 0 Å². The van der Waals surface area contributed by atoms with Crippen molar-refractivity contribution in [3.8, 4) is 33.6 Å². The second kappa shape index (κ2) is 14.5. The molecule has 2 aliphatic heterocycles. The Morgan fingerprint density at radius 2 is 1.35 bits per heavy atom. The summed E-state index contributed by atoms with van der Waals surface area (Å²) in [5, 5.41) is 2.72. The molecule has 2 amide bonds. The van der Waals surface area contributed by atoms with Crippen molar-refractivity contribution in [1.29, 1.82) is 0 Å². The molecule has 2 aliphatic rings. The van der Waals surface area contributed by atoms with Crippen LogP contribution < -0.4 is 5.32 Å². The number of amides is 2. The summed E-state index contributed by atoms with van der Waals surface area (Å²) in [4.78, 5) is 46.9. The molecule has 0 spiro atoms. The molecule has 10 heteroatoms. The van der Waals surface area contributed by atoms with Gasteiger partial charge in [0.1, 0.15) is 17.7 Å². The molecule has 5 aromatic rings. The third-order valence-electron chi connectivity index (χ3n) is 9.79. The number of ether oxygens (including phenoxy) is 1. The van der Waals surface area contributed by atoms with Crippen molar-refractivity contribution in [2.45, 2.75) is 57.2 Å². The van der Waals surface area contributed by atoms with E-state index in [1.807, 2.05) is 47.6 Å². The van der Waals surface area contributed by atoms with Gasteiger partial charge in [0.25, 0.3) is 5.91 Å². The van der Waals surface area contributed by atoms with Gasteiger partial charge in [0.2, 0.25) is 0 Å². The number of hydrogen-bond donors (Lipinski definition) is 3. The topological polar surface area (TPSA) is 119 Å². The highest BCUT2D eigenvalue weighted by atomic mass is 16.5. The zero-order valence-electron chi connectivity index (χ0n) is 28.1. The van der Waals surface area contributed by atoms with Crippen LogP contribution in [0.4, 0.5) is 4.79 Å². The van der Waals surface area contributed by atoms with Crippen molar-refractivity contribution in [2.24, 2.45) is 0 Å². The number of imidazole rings is 2. The molecule has 3 aromatic carbocycles. The summed E-state index contributed by atoms with van der Waals surface area (Å²) < 4.78 is 4.82. The van der Waals surface area contributed by atoms with Crippen molar-refractivity contribution in [2.75, 3.05) is 26.7 Å².